The molecule has 2 rings (SSSR count). The molecule has 0 heterocycles. The fourth-order valence-electron chi connectivity index (χ4n) is 2.26. The van der Waals surface area contributed by atoms with Crippen LogP contribution in [0.1, 0.15) is 34.5 Å². The molecule has 1 amide bonds. The number of carbonyl (C=O) groups excluding carboxylic acids is 1. The Morgan fingerprint density at radius 2 is 1.86 bits per heavy atom. The van der Waals surface area contributed by atoms with Gasteiger partial charge in [-0.3, -0.25) is 4.79 Å². The van der Waals surface area contributed by atoms with Crippen LogP contribution in [0.25, 0.3) is 0 Å². The van der Waals surface area contributed by atoms with Gasteiger partial charge in [-0.05, 0) is 31.5 Å². The van der Waals surface area contributed by atoms with Crippen LogP contribution < -0.4 is 5.73 Å². The zero-order chi connectivity index (χ0) is 15.6. The number of halogens is 1. The number of nitrogen functional groups attached to an aromatic ring is 1. The number of hydrogen-bond donors (Lipinski definition) is 1. The SMILES string of the molecule is Cc1cccc(C(=O)N(C)C(C)c2ccccc2F)c1N. The molecule has 0 fully saturated rings. The van der Waals surface area contributed by atoms with E-state index in [4.69, 9.17) is 5.73 Å². The monoisotopic (exact) mass is 286 g/mol. The fraction of sp³-hybridized carbons (Fsp3) is 0.235. The van der Waals surface area contributed by atoms with Gasteiger partial charge in [-0.25, -0.2) is 4.39 Å². The van der Waals surface area contributed by atoms with Crippen molar-refractivity contribution in [3.05, 3.63) is 65.0 Å². The maximum Gasteiger partial charge on any atom is 0.256 e. The quantitative estimate of drug-likeness (QED) is 0.877. The maximum atomic E-state index is 13.8. The molecule has 2 N–H and O–H groups in total. The lowest BCUT2D eigenvalue weighted by Crippen LogP contribution is -2.30. The van der Waals surface area contributed by atoms with E-state index in [2.05, 4.69) is 0 Å². The van der Waals surface area contributed by atoms with Gasteiger partial charge in [0.15, 0.2) is 0 Å². The molecule has 0 aromatic heterocycles. The summed E-state index contributed by atoms with van der Waals surface area (Å²) in [6.07, 6.45) is 0. The molecule has 2 aromatic carbocycles. The van der Waals surface area contributed by atoms with E-state index in [0.717, 1.165) is 5.56 Å². The molecule has 21 heavy (non-hydrogen) atoms. The third-order valence-corrected chi connectivity index (χ3v) is 3.81. The second-order valence-corrected chi connectivity index (χ2v) is 5.15. The largest absolute Gasteiger partial charge is 0.398 e. The Hall–Kier alpha value is -2.36. The minimum atomic E-state index is -0.376. The van der Waals surface area contributed by atoms with Gasteiger partial charge in [0.25, 0.3) is 5.91 Å². The molecule has 110 valence electrons. The van der Waals surface area contributed by atoms with Gasteiger partial charge >= 0.3 is 0 Å². The molecule has 0 saturated carbocycles. The molecule has 1 atom stereocenters. The number of rotatable bonds is 3. The summed E-state index contributed by atoms with van der Waals surface area (Å²) in [5, 5.41) is 0. The zero-order valence-corrected chi connectivity index (χ0v) is 12.4. The Balaban J connectivity index is 2.31. The van der Waals surface area contributed by atoms with Crippen molar-refractivity contribution < 1.29 is 9.18 Å². The highest BCUT2D eigenvalue weighted by atomic mass is 19.1. The summed E-state index contributed by atoms with van der Waals surface area (Å²) in [7, 11) is 1.65. The fourth-order valence-corrected chi connectivity index (χ4v) is 2.26. The van der Waals surface area contributed by atoms with Crippen molar-refractivity contribution in [3.63, 3.8) is 0 Å². The van der Waals surface area contributed by atoms with Gasteiger partial charge in [0, 0.05) is 18.3 Å². The molecule has 1 unspecified atom stereocenters. The topological polar surface area (TPSA) is 46.3 Å². The van der Waals surface area contributed by atoms with Crippen molar-refractivity contribution in [1.29, 1.82) is 0 Å². The molecule has 4 heteroatoms. The Bertz CT molecular complexity index is 670. The van der Waals surface area contributed by atoms with E-state index < -0.39 is 0 Å². The summed E-state index contributed by atoms with van der Waals surface area (Å²) in [6.45, 7) is 3.65. The first-order valence-electron chi connectivity index (χ1n) is 6.80. The predicted molar refractivity (Wildman–Crippen MR) is 82.5 cm³/mol. The standard InChI is InChI=1S/C17H19FN2O/c1-11-7-6-9-14(16(11)19)17(21)20(3)12(2)13-8-4-5-10-15(13)18/h4-10,12H,19H2,1-3H3. The highest BCUT2D eigenvalue weighted by Gasteiger charge is 2.22. The number of amides is 1. The first-order valence-corrected chi connectivity index (χ1v) is 6.80. The molecule has 0 radical (unpaired) electrons. The molecule has 0 bridgehead atoms. The summed E-state index contributed by atoms with van der Waals surface area (Å²) in [5.74, 6) is -0.534. The van der Waals surface area contributed by atoms with Crippen molar-refractivity contribution in [1.82, 2.24) is 4.90 Å². The predicted octanol–water partition coefficient (Wildman–Crippen LogP) is 3.55. The van der Waals surface area contributed by atoms with Crippen molar-refractivity contribution >= 4 is 11.6 Å². The average molecular weight is 286 g/mol. The molecule has 0 aliphatic carbocycles. The third kappa shape index (κ3) is 2.89. The van der Waals surface area contributed by atoms with Gasteiger partial charge in [0.2, 0.25) is 0 Å². The average Bonchev–Trinajstić information content (AvgIpc) is 2.48. The number of nitrogens with zero attached hydrogens (tertiary/aromatic N) is 1. The van der Waals surface area contributed by atoms with E-state index in [1.54, 1.807) is 44.3 Å². The first-order chi connectivity index (χ1) is 9.93. The number of hydrogen-bond acceptors (Lipinski definition) is 2. The van der Waals surface area contributed by atoms with Crippen LogP contribution in [0.5, 0.6) is 0 Å². The third-order valence-electron chi connectivity index (χ3n) is 3.81. The first kappa shape index (κ1) is 15.0. The molecule has 0 aliphatic rings. The highest BCUT2D eigenvalue weighted by molar-refractivity contribution is 5.99. The molecular weight excluding hydrogens is 267 g/mol. The van der Waals surface area contributed by atoms with Gasteiger partial charge in [0.1, 0.15) is 5.82 Å². The summed E-state index contributed by atoms with van der Waals surface area (Å²) < 4.78 is 13.8. The van der Waals surface area contributed by atoms with Crippen molar-refractivity contribution in [2.24, 2.45) is 0 Å². The van der Waals surface area contributed by atoms with E-state index >= 15 is 0 Å². The Morgan fingerprint density at radius 3 is 2.52 bits per heavy atom. The van der Waals surface area contributed by atoms with E-state index in [1.807, 2.05) is 13.0 Å². The minimum absolute atomic E-state index is 0.216. The second-order valence-electron chi connectivity index (χ2n) is 5.15. The van der Waals surface area contributed by atoms with Crippen LogP contribution in [-0.2, 0) is 0 Å². The van der Waals surface area contributed by atoms with Crippen LogP contribution in [0.4, 0.5) is 10.1 Å². The Kier molecular flexibility index (Phi) is 4.26. The van der Waals surface area contributed by atoms with E-state index in [-0.39, 0.29) is 17.8 Å². The van der Waals surface area contributed by atoms with Crippen LogP contribution in [0.15, 0.2) is 42.5 Å². The summed E-state index contributed by atoms with van der Waals surface area (Å²) in [6, 6.07) is 11.4. The Morgan fingerprint density at radius 1 is 1.19 bits per heavy atom. The van der Waals surface area contributed by atoms with Gasteiger partial charge in [-0.15, -0.1) is 0 Å². The summed E-state index contributed by atoms with van der Waals surface area (Å²) in [4.78, 5) is 14.1. The van der Waals surface area contributed by atoms with Crippen LogP contribution in [-0.4, -0.2) is 17.9 Å². The van der Waals surface area contributed by atoms with Crippen LogP contribution >= 0.6 is 0 Å². The van der Waals surface area contributed by atoms with E-state index in [1.165, 1.54) is 11.0 Å². The molecule has 0 aliphatic heterocycles. The van der Waals surface area contributed by atoms with E-state index in [0.29, 0.717) is 16.8 Å². The van der Waals surface area contributed by atoms with Crippen LogP contribution in [0, 0.1) is 12.7 Å². The van der Waals surface area contributed by atoms with Crippen LogP contribution in [0.3, 0.4) is 0 Å². The lowest BCUT2D eigenvalue weighted by molar-refractivity contribution is 0.0741. The molecular formula is C17H19FN2O. The number of nitrogens with two attached hydrogens (primary N) is 1. The van der Waals surface area contributed by atoms with Crippen LogP contribution in [0.2, 0.25) is 0 Å². The molecule has 0 saturated heterocycles. The number of aryl methyl sites for hydroxylation is 1. The molecule has 0 spiro atoms. The number of benzene rings is 2. The summed E-state index contributed by atoms with van der Waals surface area (Å²) >= 11 is 0. The molecule has 2 aromatic rings. The number of carbonyl (C=O) groups is 1. The second kappa shape index (κ2) is 5.95. The van der Waals surface area contributed by atoms with Gasteiger partial charge in [-0.2, -0.15) is 0 Å². The lowest BCUT2D eigenvalue weighted by Gasteiger charge is -2.26. The maximum absolute atomic E-state index is 13.8. The van der Waals surface area contributed by atoms with Crippen molar-refractivity contribution in [2.45, 2.75) is 19.9 Å². The number of anilines is 1. The number of para-hydroxylation sites is 1. The zero-order valence-electron chi connectivity index (χ0n) is 12.4. The van der Waals surface area contributed by atoms with E-state index in [9.17, 15) is 9.18 Å². The van der Waals surface area contributed by atoms with Gasteiger partial charge < -0.3 is 10.6 Å². The smallest absolute Gasteiger partial charge is 0.256 e. The Labute approximate surface area is 124 Å². The minimum Gasteiger partial charge on any atom is -0.398 e. The highest BCUT2D eigenvalue weighted by Crippen LogP contribution is 2.25. The lowest BCUT2D eigenvalue weighted by atomic mass is 10.0. The normalized spacial score (nSPS) is 12.0. The summed E-state index contributed by atoms with van der Waals surface area (Å²) in [5.41, 5.74) is 8.22. The van der Waals surface area contributed by atoms with Crippen molar-refractivity contribution in [3.8, 4) is 0 Å². The van der Waals surface area contributed by atoms with Crippen molar-refractivity contribution in [2.75, 3.05) is 12.8 Å². The van der Waals surface area contributed by atoms with Gasteiger partial charge in [0.05, 0.1) is 11.6 Å². The van der Waals surface area contributed by atoms with Gasteiger partial charge in [-0.1, -0.05) is 30.3 Å². The molecule has 3 nitrogen and oxygen atoms in total.